The molecule has 0 spiro atoms. The van der Waals surface area contributed by atoms with Gasteiger partial charge in [-0.3, -0.25) is 0 Å². The molecule has 0 radical (unpaired) electrons. The van der Waals surface area contributed by atoms with Crippen molar-refractivity contribution in [1.29, 1.82) is 0 Å². The van der Waals surface area contributed by atoms with Gasteiger partial charge in [0.1, 0.15) is 0 Å². The first-order valence-corrected chi connectivity index (χ1v) is 5.38. The Morgan fingerprint density at radius 2 is 2.50 bits per heavy atom. The van der Waals surface area contributed by atoms with Crippen LogP contribution >= 0.6 is 11.3 Å². The summed E-state index contributed by atoms with van der Waals surface area (Å²) in [5.41, 5.74) is 4.81. The monoisotopic (exact) mass is 239 g/mol. The normalized spacial score (nSPS) is 10.2. The summed E-state index contributed by atoms with van der Waals surface area (Å²) in [6, 6.07) is 3.94. The second kappa shape index (κ2) is 4.75. The van der Waals surface area contributed by atoms with E-state index in [2.05, 4.69) is 14.9 Å². The van der Waals surface area contributed by atoms with Crippen molar-refractivity contribution < 1.29 is 14.1 Å². The Morgan fingerprint density at radius 3 is 3.19 bits per heavy atom. The number of nitrogens with zero attached hydrogens (tertiary/aromatic N) is 2. The lowest BCUT2D eigenvalue weighted by atomic mass is 10.3. The largest absolute Gasteiger partial charge is 0.440 e. The van der Waals surface area contributed by atoms with Gasteiger partial charge in [-0.15, -0.1) is 11.3 Å². The third-order valence-corrected chi connectivity index (χ3v) is 2.64. The molecular weight excluding hydrogens is 230 g/mol. The summed E-state index contributed by atoms with van der Waals surface area (Å²) < 4.78 is 9.40. The second-order valence-electron chi connectivity index (χ2n) is 2.97. The van der Waals surface area contributed by atoms with Crippen LogP contribution in [0.3, 0.4) is 0 Å². The van der Waals surface area contributed by atoms with Crippen LogP contribution in [0.2, 0.25) is 0 Å². The van der Waals surface area contributed by atoms with Gasteiger partial charge in [0.2, 0.25) is 0 Å². The summed E-state index contributed by atoms with van der Waals surface area (Å²) in [7, 11) is 0. The number of rotatable bonds is 4. The highest BCUT2D eigenvalue weighted by atomic mass is 32.1. The lowest BCUT2D eigenvalue weighted by molar-refractivity contribution is 0.135. The van der Waals surface area contributed by atoms with Gasteiger partial charge in [0.25, 0.3) is 5.89 Å². The van der Waals surface area contributed by atoms with Gasteiger partial charge < -0.3 is 15.0 Å². The fourth-order valence-corrected chi connectivity index (χ4v) is 1.82. The Hall–Kier alpha value is -1.89. The molecule has 16 heavy (non-hydrogen) atoms. The number of hydrogen-bond acceptors (Lipinski definition) is 6. The van der Waals surface area contributed by atoms with Gasteiger partial charge in [-0.2, -0.15) is 4.98 Å². The van der Waals surface area contributed by atoms with Crippen LogP contribution in [-0.4, -0.2) is 16.2 Å². The predicted molar refractivity (Wildman–Crippen MR) is 55.8 cm³/mol. The summed E-state index contributed by atoms with van der Waals surface area (Å²) in [6.45, 7) is -0.0905. The van der Waals surface area contributed by atoms with Crippen molar-refractivity contribution in [1.82, 2.24) is 10.1 Å². The molecule has 2 rings (SSSR count). The number of primary amides is 1. The minimum Gasteiger partial charge on any atom is -0.440 e. The smallest absolute Gasteiger partial charge is 0.405 e. The second-order valence-corrected chi connectivity index (χ2v) is 4.00. The van der Waals surface area contributed by atoms with Crippen molar-refractivity contribution >= 4 is 17.4 Å². The van der Waals surface area contributed by atoms with Gasteiger partial charge in [0.15, 0.2) is 12.4 Å². The average Bonchev–Trinajstić information content (AvgIpc) is 2.87. The molecule has 0 atom stereocenters. The highest BCUT2D eigenvalue weighted by Crippen LogP contribution is 2.12. The zero-order valence-electron chi connectivity index (χ0n) is 8.25. The SMILES string of the molecule is NC(=O)OCc1nc(Cc2cccs2)no1. The molecule has 2 heterocycles. The van der Waals surface area contributed by atoms with Gasteiger partial charge in [-0.1, -0.05) is 11.2 Å². The number of nitrogens with two attached hydrogens (primary N) is 1. The highest BCUT2D eigenvalue weighted by Gasteiger charge is 2.08. The van der Waals surface area contributed by atoms with E-state index in [9.17, 15) is 4.79 Å². The number of aromatic nitrogens is 2. The predicted octanol–water partition coefficient (Wildman–Crippen LogP) is 1.32. The number of carbonyl (C=O) groups excluding carboxylic acids is 1. The first-order valence-electron chi connectivity index (χ1n) is 4.50. The van der Waals surface area contributed by atoms with Gasteiger partial charge in [-0.25, -0.2) is 4.79 Å². The molecule has 0 unspecified atom stereocenters. The maximum atomic E-state index is 10.3. The first-order chi connectivity index (χ1) is 7.74. The van der Waals surface area contributed by atoms with Crippen molar-refractivity contribution in [3.8, 4) is 0 Å². The molecule has 0 fully saturated rings. The first kappa shape index (κ1) is 10.6. The van der Waals surface area contributed by atoms with Crippen LogP contribution in [-0.2, 0) is 17.8 Å². The quantitative estimate of drug-likeness (QED) is 0.868. The molecule has 0 saturated heterocycles. The fraction of sp³-hybridized carbons (Fsp3) is 0.222. The summed E-state index contributed by atoms with van der Waals surface area (Å²) in [6.07, 6.45) is -0.254. The summed E-state index contributed by atoms with van der Waals surface area (Å²) in [4.78, 5) is 15.5. The molecule has 7 heteroatoms. The van der Waals surface area contributed by atoms with E-state index in [0.717, 1.165) is 4.88 Å². The number of amides is 1. The lowest BCUT2D eigenvalue weighted by Gasteiger charge is -1.93. The van der Waals surface area contributed by atoms with Crippen LogP contribution < -0.4 is 5.73 Å². The molecule has 84 valence electrons. The maximum Gasteiger partial charge on any atom is 0.405 e. The number of ether oxygens (including phenoxy) is 1. The molecule has 2 aromatic heterocycles. The molecule has 0 aliphatic carbocycles. The summed E-state index contributed by atoms with van der Waals surface area (Å²) in [5, 5.41) is 5.74. The zero-order valence-corrected chi connectivity index (χ0v) is 9.07. The third kappa shape index (κ3) is 2.80. The van der Waals surface area contributed by atoms with Crippen LogP contribution in [0.15, 0.2) is 22.0 Å². The van der Waals surface area contributed by atoms with Crippen molar-refractivity contribution in [3.05, 3.63) is 34.1 Å². The van der Waals surface area contributed by atoms with Crippen molar-refractivity contribution in [2.24, 2.45) is 5.73 Å². The van der Waals surface area contributed by atoms with Crippen LogP contribution in [0.25, 0.3) is 0 Å². The average molecular weight is 239 g/mol. The van der Waals surface area contributed by atoms with Crippen LogP contribution in [0.1, 0.15) is 16.6 Å². The Morgan fingerprint density at radius 1 is 1.62 bits per heavy atom. The standard InChI is InChI=1S/C9H9N3O3S/c10-9(13)14-5-8-11-7(12-15-8)4-6-2-1-3-16-6/h1-3H,4-5H2,(H2,10,13). The maximum absolute atomic E-state index is 10.3. The third-order valence-electron chi connectivity index (χ3n) is 1.76. The molecule has 1 amide bonds. The topological polar surface area (TPSA) is 91.2 Å². The minimum atomic E-state index is -0.863. The van der Waals surface area contributed by atoms with Crippen molar-refractivity contribution in [2.75, 3.05) is 0 Å². The van der Waals surface area contributed by atoms with E-state index in [1.165, 1.54) is 0 Å². The lowest BCUT2D eigenvalue weighted by Crippen LogP contribution is -2.12. The fourth-order valence-electron chi connectivity index (χ4n) is 1.12. The number of thiophene rings is 1. The number of carbonyl (C=O) groups is 1. The Kier molecular flexibility index (Phi) is 3.16. The molecule has 0 aliphatic heterocycles. The molecule has 0 aliphatic rings. The molecule has 2 N–H and O–H groups in total. The summed E-state index contributed by atoms with van der Waals surface area (Å²) in [5.74, 6) is 0.802. The van der Waals surface area contributed by atoms with Crippen molar-refractivity contribution in [3.63, 3.8) is 0 Å². The molecule has 2 aromatic rings. The number of hydrogen-bond donors (Lipinski definition) is 1. The Bertz CT molecular complexity index is 466. The molecule has 6 nitrogen and oxygen atoms in total. The minimum absolute atomic E-state index is 0.0905. The van der Waals surface area contributed by atoms with E-state index >= 15 is 0 Å². The van der Waals surface area contributed by atoms with Crippen LogP contribution in [0.5, 0.6) is 0 Å². The Labute approximate surface area is 95.0 Å². The Balaban J connectivity index is 1.94. The summed E-state index contributed by atoms with van der Waals surface area (Å²) >= 11 is 1.62. The molecule has 0 saturated carbocycles. The highest BCUT2D eigenvalue weighted by molar-refractivity contribution is 7.09. The van der Waals surface area contributed by atoms with E-state index in [1.807, 2.05) is 17.5 Å². The van der Waals surface area contributed by atoms with Gasteiger partial charge in [0, 0.05) is 11.3 Å². The van der Waals surface area contributed by atoms with Gasteiger partial charge >= 0.3 is 6.09 Å². The van der Waals surface area contributed by atoms with Gasteiger partial charge in [-0.05, 0) is 11.4 Å². The molecule has 0 bridgehead atoms. The van der Waals surface area contributed by atoms with Crippen LogP contribution in [0.4, 0.5) is 4.79 Å². The van der Waals surface area contributed by atoms with Crippen molar-refractivity contribution in [2.45, 2.75) is 13.0 Å². The van der Waals surface area contributed by atoms with Gasteiger partial charge in [0.05, 0.1) is 0 Å². The van der Waals surface area contributed by atoms with E-state index in [1.54, 1.807) is 11.3 Å². The zero-order chi connectivity index (χ0) is 11.4. The van der Waals surface area contributed by atoms with E-state index in [-0.39, 0.29) is 12.5 Å². The van der Waals surface area contributed by atoms with E-state index < -0.39 is 6.09 Å². The van der Waals surface area contributed by atoms with E-state index in [0.29, 0.717) is 12.2 Å². The van der Waals surface area contributed by atoms with E-state index in [4.69, 9.17) is 10.3 Å². The molecule has 0 aromatic carbocycles. The molecular formula is C9H9N3O3S. The van der Waals surface area contributed by atoms with Crippen LogP contribution in [0, 0.1) is 0 Å².